The number of nitrogens with zero attached hydrogens (tertiary/aromatic N) is 4. The van der Waals surface area contributed by atoms with E-state index in [4.69, 9.17) is 4.74 Å². The van der Waals surface area contributed by atoms with Gasteiger partial charge in [0, 0.05) is 43.3 Å². The summed E-state index contributed by atoms with van der Waals surface area (Å²) in [6, 6.07) is 13.7. The predicted molar refractivity (Wildman–Crippen MR) is 127 cm³/mol. The highest BCUT2D eigenvalue weighted by molar-refractivity contribution is 7.09. The van der Waals surface area contributed by atoms with Crippen molar-refractivity contribution >= 4 is 23.2 Å². The van der Waals surface area contributed by atoms with Crippen LogP contribution in [0.15, 0.2) is 60.2 Å². The van der Waals surface area contributed by atoms with E-state index in [0.717, 1.165) is 16.1 Å². The van der Waals surface area contributed by atoms with Gasteiger partial charge in [-0.05, 0) is 17.2 Å². The van der Waals surface area contributed by atoms with Gasteiger partial charge >= 0.3 is 0 Å². The van der Waals surface area contributed by atoms with Gasteiger partial charge in [-0.25, -0.2) is 4.98 Å². The number of benzene rings is 1. The minimum Gasteiger partial charge on any atom is -0.370 e. The summed E-state index contributed by atoms with van der Waals surface area (Å²) in [7, 11) is 0. The van der Waals surface area contributed by atoms with E-state index < -0.39 is 0 Å². The molecule has 7 nitrogen and oxygen atoms in total. The fourth-order valence-electron chi connectivity index (χ4n) is 3.71. The lowest BCUT2D eigenvalue weighted by atomic mass is 10.2. The predicted octanol–water partition coefficient (Wildman–Crippen LogP) is 3.73. The number of carbonyl (C=O) groups excluding carboxylic acids is 2. The summed E-state index contributed by atoms with van der Waals surface area (Å²) in [5.41, 5.74) is 2.37. The van der Waals surface area contributed by atoms with Crippen LogP contribution in [0.4, 0.5) is 0 Å². The van der Waals surface area contributed by atoms with Crippen molar-refractivity contribution in [2.75, 3.05) is 19.6 Å². The zero-order valence-corrected chi connectivity index (χ0v) is 19.7. The van der Waals surface area contributed by atoms with Gasteiger partial charge in [-0.2, -0.15) is 0 Å². The maximum Gasteiger partial charge on any atom is 0.273 e. The molecule has 2 aromatic heterocycles. The first-order chi connectivity index (χ1) is 16.0. The van der Waals surface area contributed by atoms with Crippen LogP contribution in [-0.2, 0) is 22.7 Å². The molecule has 172 valence electrons. The molecule has 2 amide bonds. The van der Waals surface area contributed by atoms with E-state index in [1.807, 2.05) is 56.3 Å². The maximum atomic E-state index is 13.3. The van der Waals surface area contributed by atoms with Crippen molar-refractivity contribution in [2.24, 2.45) is 0 Å². The highest BCUT2D eigenvalue weighted by Crippen LogP contribution is 2.21. The fourth-order valence-corrected chi connectivity index (χ4v) is 4.52. The molecule has 0 saturated carbocycles. The van der Waals surface area contributed by atoms with Gasteiger partial charge in [0.1, 0.15) is 12.2 Å². The molecule has 0 aliphatic carbocycles. The van der Waals surface area contributed by atoms with Crippen molar-refractivity contribution in [2.45, 2.75) is 39.0 Å². The second kappa shape index (κ2) is 10.7. The van der Waals surface area contributed by atoms with Crippen LogP contribution in [0.5, 0.6) is 0 Å². The largest absolute Gasteiger partial charge is 0.370 e. The molecule has 0 unspecified atom stereocenters. The van der Waals surface area contributed by atoms with Gasteiger partial charge in [-0.15, -0.1) is 11.3 Å². The van der Waals surface area contributed by atoms with E-state index in [1.54, 1.807) is 27.6 Å². The smallest absolute Gasteiger partial charge is 0.273 e. The Hall–Kier alpha value is -3.10. The van der Waals surface area contributed by atoms with Gasteiger partial charge in [-0.1, -0.05) is 50.2 Å². The highest BCUT2D eigenvalue weighted by atomic mass is 32.1. The van der Waals surface area contributed by atoms with Crippen LogP contribution in [0.25, 0.3) is 0 Å². The maximum absolute atomic E-state index is 13.3. The average molecular weight is 465 g/mol. The van der Waals surface area contributed by atoms with Gasteiger partial charge in [0.25, 0.3) is 5.91 Å². The van der Waals surface area contributed by atoms with Crippen molar-refractivity contribution in [1.29, 1.82) is 0 Å². The SMILES string of the molecule is CC(C)c1nc(C(=O)N2CC(=O)N(Cc3ccccc3)C[C@H](OCc3cccnc3)C2)cs1. The minimum absolute atomic E-state index is 0.00690. The lowest BCUT2D eigenvalue weighted by Gasteiger charge is -2.24. The summed E-state index contributed by atoms with van der Waals surface area (Å²) in [6.45, 7) is 5.67. The van der Waals surface area contributed by atoms with Crippen molar-refractivity contribution in [3.05, 3.63) is 82.1 Å². The van der Waals surface area contributed by atoms with E-state index in [0.29, 0.717) is 31.9 Å². The summed E-state index contributed by atoms with van der Waals surface area (Å²) < 4.78 is 6.18. The molecular formula is C25H28N4O3S. The van der Waals surface area contributed by atoms with E-state index in [1.165, 1.54) is 11.3 Å². The lowest BCUT2D eigenvalue weighted by molar-refractivity contribution is -0.132. The van der Waals surface area contributed by atoms with E-state index >= 15 is 0 Å². The summed E-state index contributed by atoms with van der Waals surface area (Å²) >= 11 is 1.47. The molecule has 0 bridgehead atoms. The molecule has 1 fully saturated rings. The Labute approximate surface area is 198 Å². The van der Waals surface area contributed by atoms with Crippen LogP contribution in [0.3, 0.4) is 0 Å². The summed E-state index contributed by atoms with van der Waals surface area (Å²) in [4.78, 5) is 38.4. The van der Waals surface area contributed by atoms with Gasteiger partial charge in [0.05, 0.1) is 17.7 Å². The quantitative estimate of drug-likeness (QED) is 0.533. The molecule has 8 heteroatoms. The average Bonchev–Trinajstić information content (AvgIpc) is 3.27. The van der Waals surface area contributed by atoms with Crippen molar-refractivity contribution < 1.29 is 14.3 Å². The van der Waals surface area contributed by atoms with E-state index in [-0.39, 0.29) is 30.4 Å². The molecule has 4 rings (SSSR count). The third-order valence-corrected chi connectivity index (χ3v) is 6.62. The zero-order valence-electron chi connectivity index (χ0n) is 18.9. The van der Waals surface area contributed by atoms with E-state index in [2.05, 4.69) is 9.97 Å². The third-order valence-electron chi connectivity index (χ3n) is 5.47. The number of aromatic nitrogens is 2. The van der Waals surface area contributed by atoms with Gasteiger partial charge in [-0.3, -0.25) is 14.6 Å². The summed E-state index contributed by atoms with van der Waals surface area (Å²) in [5, 5.41) is 2.69. The molecular weight excluding hydrogens is 436 g/mol. The van der Waals surface area contributed by atoms with Crippen LogP contribution in [0.1, 0.15) is 46.4 Å². The lowest BCUT2D eigenvalue weighted by Crippen LogP contribution is -2.39. The fraction of sp³-hybridized carbons (Fsp3) is 0.360. The minimum atomic E-state index is -0.326. The Morgan fingerprint density at radius 1 is 1.15 bits per heavy atom. The Kier molecular flexibility index (Phi) is 7.47. The van der Waals surface area contributed by atoms with Crippen molar-refractivity contribution in [3.8, 4) is 0 Å². The third kappa shape index (κ3) is 6.03. The monoisotopic (exact) mass is 464 g/mol. The Balaban J connectivity index is 1.53. The van der Waals surface area contributed by atoms with Gasteiger partial charge in [0.2, 0.25) is 5.91 Å². The number of amides is 2. The summed E-state index contributed by atoms with van der Waals surface area (Å²) in [6.07, 6.45) is 3.15. The number of ether oxygens (including phenoxy) is 1. The van der Waals surface area contributed by atoms with Crippen LogP contribution in [0.2, 0.25) is 0 Å². The van der Waals surface area contributed by atoms with E-state index in [9.17, 15) is 9.59 Å². The molecule has 1 atom stereocenters. The topological polar surface area (TPSA) is 75.6 Å². The molecule has 33 heavy (non-hydrogen) atoms. The molecule has 1 aliphatic rings. The molecule has 3 heterocycles. The first-order valence-electron chi connectivity index (χ1n) is 11.1. The summed E-state index contributed by atoms with van der Waals surface area (Å²) in [5.74, 6) is -0.0822. The molecule has 0 spiro atoms. The Morgan fingerprint density at radius 2 is 1.94 bits per heavy atom. The molecule has 0 N–H and O–H groups in total. The first kappa shape index (κ1) is 23.1. The Bertz CT molecular complexity index is 1070. The van der Waals surface area contributed by atoms with Crippen molar-refractivity contribution in [3.63, 3.8) is 0 Å². The Morgan fingerprint density at radius 3 is 2.64 bits per heavy atom. The second-order valence-corrected chi connectivity index (χ2v) is 9.36. The zero-order chi connectivity index (χ0) is 23.2. The molecule has 1 aliphatic heterocycles. The number of pyridine rings is 1. The number of carbonyl (C=O) groups is 2. The van der Waals surface area contributed by atoms with Crippen LogP contribution < -0.4 is 0 Å². The number of hydrogen-bond donors (Lipinski definition) is 0. The second-order valence-electron chi connectivity index (χ2n) is 8.47. The standard InChI is InChI=1S/C25H28N4O3S/c1-18(2)24-27-22(17-33-24)25(31)29-14-21(32-16-20-9-6-10-26-11-20)13-28(23(30)15-29)12-19-7-4-3-5-8-19/h3-11,17-18,21H,12-16H2,1-2H3/t21-/m0/s1. The normalized spacial score (nSPS) is 16.8. The van der Waals surface area contributed by atoms with Crippen molar-refractivity contribution in [1.82, 2.24) is 19.8 Å². The van der Waals surface area contributed by atoms with Gasteiger partial charge in [0.15, 0.2) is 0 Å². The molecule has 1 aromatic carbocycles. The first-order valence-corrected chi connectivity index (χ1v) is 11.9. The number of rotatable bonds is 7. The number of thiazole rings is 1. The van der Waals surface area contributed by atoms with Crippen LogP contribution in [-0.4, -0.2) is 57.3 Å². The number of hydrogen-bond acceptors (Lipinski definition) is 6. The van der Waals surface area contributed by atoms with Gasteiger partial charge < -0.3 is 14.5 Å². The molecule has 1 saturated heterocycles. The molecule has 3 aromatic rings. The van der Waals surface area contributed by atoms with Crippen LogP contribution in [0, 0.1) is 0 Å². The molecule has 0 radical (unpaired) electrons. The highest BCUT2D eigenvalue weighted by Gasteiger charge is 2.32. The van der Waals surface area contributed by atoms with Crippen LogP contribution >= 0.6 is 11.3 Å².